The van der Waals surface area contributed by atoms with Crippen molar-refractivity contribution in [3.05, 3.63) is 23.9 Å². The standard InChI is InChI=1S/C22H35N5O/c1-25(2)21-8-5-17(14-23-21)15-26-12-9-20(10-13-26)27-11-3-4-18(16-27)22(28)24-19-6-7-19/h5,8,14,18-20H,3-4,6-7,9-13,15-16H2,1-2H3,(H,24,28)/t18-/m1/s1. The Kier molecular flexibility index (Phi) is 6.16. The van der Waals surface area contributed by atoms with Crippen molar-refractivity contribution in [3.63, 3.8) is 0 Å². The third kappa shape index (κ3) is 5.03. The van der Waals surface area contributed by atoms with E-state index in [2.05, 4.69) is 32.2 Å². The lowest BCUT2D eigenvalue weighted by atomic mass is 9.93. The van der Waals surface area contributed by atoms with Gasteiger partial charge in [0.25, 0.3) is 0 Å². The van der Waals surface area contributed by atoms with E-state index >= 15 is 0 Å². The van der Waals surface area contributed by atoms with Crippen LogP contribution in [-0.2, 0) is 11.3 Å². The number of hydrogen-bond donors (Lipinski definition) is 1. The number of carbonyl (C=O) groups is 1. The molecule has 1 saturated carbocycles. The third-order valence-electron chi connectivity index (χ3n) is 6.49. The van der Waals surface area contributed by atoms with Gasteiger partial charge >= 0.3 is 0 Å². The highest BCUT2D eigenvalue weighted by atomic mass is 16.2. The lowest BCUT2D eigenvalue weighted by molar-refractivity contribution is -0.127. The Bertz CT molecular complexity index is 649. The van der Waals surface area contributed by atoms with E-state index in [0.29, 0.717) is 18.0 Å². The predicted molar refractivity (Wildman–Crippen MR) is 112 cm³/mol. The summed E-state index contributed by atoms with van der Waals surface area (Å²) in [6, 6.07) is 5.42. The Hall–Kier alpha value is -1.66. The number of aromatic nitrogens is 1. The second kappa shape index (κ2) is 8.78. The third-order valence-corrected chi connectivity index (χ3v) is 6.49. The zero-order chi connectivity index (χ0) is 19.5. The monoisotopic (exact) mass is 385 g/mol. The van der Waals surface area contributed by atoms with Crippen molar-refractivity contribution in [2.45, 2.75) is 57.2 Å². The number of amides is 1. The van der Waals surface area contributed by atoms with Crippen LogP contribution in [0.1, 0.15) is 44.1 Å². The molecule has 2 aliphatic heterocycles. The summed E-state index contributed by atoms with van der Waals surface area (Å²) in [5.41, 5.74) is 1.29. The van der Waals surface area contributed by atoms with Gasteiger partial charge in [-0.3, -0.25) is 14.6 Å². The van der Waals surface area contributed by atoms with E-state index in [-0.39, 0.29) is 5.92 Å². The Morgan fingerprint density at radius 3 is 2.57 bits per heavy atom. The average molecular weight is 386 g/mol. The van der Waals surface area contributed by atoms with Crippen molar-refractivity contribution < 1.29 is 4.79 Å². The van der Waals surface area contributed by atoms with Crippen LogP contribution < -0.4 is 10.2 Å². The molecule has 1 atom stereocenters. The molecule has 1 aromatic heterocycles. The molecule has 6 nitrogen and oxygen atoms in total. The van der Waals surface area contributed by atoms with E-state index in [1.807, 2.05) is 25.2 Å². The lowest BCUT2D eigenvalue weighted by Crippen LogP contribution is -2.50. The maximum atomic E-state index is 12.4. The van der Waals surface area contributed by atoms with Crippen molar-refractivity contribution in [1.82, 2.24) is 20.1 Å². The molecular formula is C22H35N5O. The quantitative estimate of drug-likeness (QED) is 0.813. The topological polar surface area (TPSA) is 51.7 Å². The summed E-state index contributed by atoms with van der Waals surface area (Å²) in [7, 11) is 4.04. The summed E-state index contributed by atoms with van der Waals surface area (Å²) < 4.78 is 0. The van der Waals surface area contributed by atoms with Gasteiger partial charge in [-0.2, -0.15) is 0 Å². The first-order valence-corrected chi connectivity index (χ1v) is 11.0. The molecule has 0 bridgehead atoms. The molecule has 6 heteroatoms. The molecule has 3 heterocycles. The number of carbonyl (C=O) groups excluding carboxylic acids is 1. The van der Waals surface area contributed by atoms with Gasteiger partial charge in [0.2, 0.25) is 5.91 Å². The highest BCUT2D eigenvalue weighted by Gasteiger charge is 2.33. The number of likely N-dealkylation sites (tertiary alicyclic amines) is 2. The molecule has 1 N–H and O–H groups in total. The average Bonchev–Trinajstić information content (AvgIpc) is 3.53. The van der Waals surface area contributed by atoms with Crippen LogP contribution >= 0.6 is 0 Å². The summed E-state index contributed by atoms with van der Waals surface area (Å²) in [4.78, 5) is 24.2. The molecule has 0 aromatic carbocycles. The van der Waals surface area contributed by atoms with Crippen LogP contribution in [0, 0.1) is 5.92 Å². The zero-order valence-corrected chi connectivity index (χ0v) is 17.4. The van der Waals surface area contributed by atoms with Gasteiger partial charge < -0.3 is 10.2 Å². The molecule has 154 valence electrons. The van der Waals surface area contributed by atoms with Crippen LogP contribution in [-0.4, -0.2) is 73.0 Å². The van der Waals surface area contributed by atoms with Gasteiger partial charge in [-0.1, -0.05) is 6.07 Å². The molecule has 0 radical (unpaired) electrons. The summed E-state index contributed by atoms with van der Waals surface area (Å²) >= 11 is 0. The zero-order valence-electron chi connectivity index (χ0n) is 17.4. The van der Waals surface area contributed by atoms with Crippen molar-refractivity contribution >= 4 is 11.7 Å². The van der Waals surface area contributed by atoms with E-state index in [1.54, 1.807) is 0 Å². The maximum Gasteiger partial charge on any atom is 0.224 e. The Morgan fingerprint density at radius 1 is 1.14 bits per heavy atom. The molecule has 1 aromatic rings. The van der Waals surface area contributed by atoms with Gasteiger partial charge in [-0.15, -0.1) is 0 Å². The number of nitrogens with one attached hydrogen (secondary N) is 1. The largest absolute Gasteiger partial charge is 0.363 e. The molecule has 0 spiro atoms. The summed E-state index contributed by atoms with van der Waals surface area (Å²) in [6.07, 6.45) is 8.99. The van der Waals surface area contributed by atoms with Gasteiger partial charge in [0.1, 0.15) is 5.82 Å². The van der Waals surface area contributed by atoms with Crippen molar-refractivity contribution in [3.8, 4) is 0 Å². The fourth-order valence-electron chi connectivity index (χ4n) is 4.57. The fourth-order valence-corrected chi connectivity index (χ4v) is 4.57. The highest BCUT2D eigenvalue weighted by Crippen LogP contribution is 2.26. The Labute approximate surface area is 169 Å². The first-order chi connectivity index (χ1) is 13.6. The van der Waals surface area contributed by atoms with E-state index in [1.165, 1.54) is 31.2 Å². The Balaban J connectivity index is 1.23. The number of rotatable bonds is 6. The van der Waals surface area contributed by atoms with E-state index in [0.717, 1.165) is 51.4 Å². The summed E-state index contributed by atoms with van der Waals surface area (Å²) in [6.45, 7) is 5.37. The Morgan fingerprint density at radius 2 is 1.93 bits per heavy atom. The van der Waals surface area contributed by atoms with Gasteiger partial charge in [-0.05, 0) is 69.8 Å². The van der Waals surface area contributed by atoms with Crippen LogP contribution in [0.15, 0.2) is 18.3 Å². The molecule has 0 unspecified atom stereocenters. The van der Waals surface area contributed by atoms with Crippen LogP contribution in [0.3, 0.4) is 0 Å². The molecule has 3 aliphatic rings. The normalized spacial score (nSPS) is 24.9. The second-order valence-corrected chi connectivity index (χ2v) is 9.04. The number of nitrogens with zero attached hydrogens (tertiary/aromatic N) is 4. The summed E-state index contributed by atoms with van der Waals surface area (Å²) in [5, 5.41) is 3.21. The van der Waals surface area contributed by atoms with Gasteiger partial charge in [0.05, 0.1) is 5.92 Å². The van der Waals surface area contributed by atoms with Crippen molar-refractivity contribution in [2.24, 2.45) is 5.92 Å². The fraction of sp³-hybridized carbons (Fsp3) is 0.727. The molecular weight excluding hydrogens is 350 g/mol. The molecule has 3 fully saturated rings. The minimum absolute atomic E-state index is 0.202. The molecule has 4 rings (SSSR count). The molecule has 1 aliphatic carbocycles. The molecule has 1 amide bonds. The van der Waals surface area contributed by atoms with Gasteiger partial charge in [0.15, 0.2) is 0 Å². The summed E-state index contributed by atoms with van der Waals surface area (Å²) in [5.74, 6) is 1.51. The van der Waals surface area contributed by atoms with Crippen LogP contribution in [0.4, 0.5) is 5.82 Å². The SMILES string of the molecule is CN(C)c1ccc(CN2CCC(N3CCC[C@@H](C(=O)NC4CC4)C3)CC2)cn1. The second-order valence-electron chi connectivity index (χ2n) is 9.04. The van der Waals surface area contributed by atoms with Crippen LogP contribution in [0.5, 0.6) is 0 Å². The first-order valence-electron chi connectivity index (χ1n) is 11.0. The van der Waals surface area contributed by atoms with Gasteiger partial charge in [0, 0.05) is 45.5 Å². The lowest BCUT2D eigenvalue weighted by Gasteiger charge is -2.42. The van der Waals surface area contributed by atoms with E-state index in [9.17, 15) is 4.79 Å². The van der Waals surface area contributed by atoms with Crippen molar-refractivity contribution in [1.29, 1.82) is 0 Å². The first kappa shape index (κ1) is 19.6. The number of hydrogen-bond acceptors (Lipinski definition) is 5. The highest BCUT2D eigenvalue weighted by molar-refractivity contribution is 5.79. The van der Waals surface area contributed by atoms with Crippen molar-refractivity contribution in [2.75, 3.05) is 45.2 Å². The number of pyridine rings is 1. The molecule has 2 saturated heterocycles. The van der Waals surface area contributed by atoms with Crippen LogP contribution in [0.25, 0.3) is 0 Å². The van der Waals surface area contributed by atoms with Gasteiger partial charge in [-0.25, -0.2) is 4.98 Å². The maximum absolute atomic E-state index is 12.4. The minimum Gasteiger partial charge on any atom is -0.363 e. The van der Waals surface area contributed by atoms with E-state index in [4.69, 9.17) is 0 Å². The van der Waals surface area contributed by atoms with Crippen LogP contribution in [0.2, 0.25) is 0 Å². The minimum atomic E-state index is 0.202. The predicted octanol–water partition coefficient (Wildman–Crippen LogP) is 2.10. The smallest absolute Gasteiger partial charge is 0.224 e. The van der Waals surface area contributed by atoms with E-state index < -0.39 is 0 Å². The molecule has 28 heavy (non-hydrogen) atoms. The number of anilines is 1. The number of piperidine rings is 2.